The Morgan fingerprint density at radius 1 is 1.22 bits per heavy atom. The van der Waals surface area contributed by atoms with Crippen molar-refractivity contribution < 1.29 is 22.7 Å². The Labute approximate surface area is 236 Å². The summed E-state index contributed by atoms with van der Waals surface area (Å²) in [6, 6.07) is 7.32. The summed E-state index contributed by atoms with van der Waals surface area (Å²) in [5.74, 6) is 0.272. The van der Waals surface area contributed by atoms with Gasteiger partial charge in [-0.15, -0.1) is 0 Å². The summed E-state index contributed by atoms with van der Waals surface area (Å²) < 4.78 is 48.5. The monoisotopic (exact) mass is 569 g/mol. The van der Waals surface area contributed by atoms with Crippen LogP contribution in [0.15, 0.2) is 24.3 Å². The van der Waals surface area contributed by atoms with Crippen molar-refractivity contribution >= 4 is 11.9 Å². The highest BCUT2D eigenvalue weighted by atomic mass is 19.4. The molecule has 1 spiro atoms. The predicted octanol–water partition coefficient (Wildman–Crippen LogP) is 5.85. The van der Waals surface area contributed by atoms with Crippen molar-refractivity contribution in [2.45, 2.75) is 78.2 Å². The summed E-state index contributed by atoms with van der Waals surface area (Å²) in [7, 11) is 0. The molecule has 1 aliphatic heterocycles. The number of anilines is 1. The Kier molecular flexibility index (Phi) is 6.83. The molecule has 1 amide bonds. The van der Waals surface area contributed by atoms with Crippen LogP contribution < -0.4 is 5.73 Å². The number of aromatic nitrogens is 4. The molecule has 9 nitrogen and oxygen atoms in total. The number of hydrogen-bond donors (Lipinski definition) is 1. The maximum atomic E-state index is 13.2. The van der Waals surface area contributed by atoms with Crippen LogP contribution in [0.5, 0.6) is 0 Å². The number of aryl methyl sites for hydroxylation is 1. The molecule has 3 aromatic rings. The van der Waals surface area contributed by atoms with Gasteiger partial charge in [0.2, 0.25) is 0 Å². The lowest BCUT2D eigenvalue weighted by molar-refractivity contribution is -0.137. The van der Waals surface area contributed by atoms with Crippen LogP contribution in [-0.4, -0.2) is 49.2 Å². The van der Waals surface area contributed by atoms with Gasteiger partial charge < -0.3 is 15.4 Å². The van der Waals surface area contributed by atoms with Gasteiger partial charge in [0, 0.05) is 24.3 Å². The molecule has 1 aromatic carbocycles. The molecule has 3 heterocycles. The van der Waals surface area contributed by atoms with Gasteiger partial charge in [-0.25, -0.2) is 9.48 Å². The maximum Gasteiger partial charge on any atom is 0.416 e. The first kappa shape index (κ1) is 28.5. The first-order chi connectivity index (χ1) is 19.1. The second kappa shape index (κ2) is 9.82. The summed E-state index contributed by atoms with van der Waals surface area (Å²) in [5.41, 5.74) is 8.18. The van der Waals surface area contributed by atoms with Gasteiger partial charge in [0.1, 0.15) is 28.7 Å². The van der Waals surface area contributed by atoms with Crippen molar-refractivity contribution in [3.05, 3.63) is 52.3 Å². The molecule has 12 heteroatoms. The second-order valence-corrected chi connectivity index (χ2v) is 12.3. The van der Waals surface area contributed by atoms with E-state index in [2.05, 4.69) is 11.2 Å². The molecule has 0 unspecified atom stereocenters. The van der Waals surface area contributed by atoms with Gasteiger partial charge in [-0.1, -0.05) is 12.1 Å². The van der Waals surface area contributed by atoms with E-state index in [1.54, 1.807) is 34.2 Å². The first-order valence-corrected chi connectivity index (χ1v) is 13.6. The average molecular weight is 570 g/mol. The normalized spacial score (nSPS) is 20.8. The summed E-state index contributed by atoms with van der Waals surface area (Å²) in [4.78, 5) is 14.3. The Hall–Kier alpha value is -4.01. The maximum absolute atomic E-state index is 13.2. The summed E-state index contributed by atoms with van der Waals surface area (Å²) >= 11 is 0. The smallest absolute Gasteiger partial charge is 0.416 e. The van der Waals surface area contributed by atoms with E-state index in [0.29, 0.717) is 41.3 Å². The number of likely N-dealkylation sites (tertiary alicyclic amines) is 1. The number of benzene rings is 1. The predicted molar refractivity (Wildman–Crippen MR) is 146 cm³/mol. The number of halogens is 3. The number of nitrogens with zero attached hydrogens (tertiary/aromatic N) is 6. The summed E-state index contributed by atoms with van der Waals surface area (Å²) in [5, 5.41) is 19.3. The fourth-order valence-electron chi connectivity index (χ4n) is 6.09. The van der Waals surface area contributed by atoms with E-state index >= 15 is 0 Å². The van der Waals surface area contributed by atoms with Crippen LogP contribution in [0.4, 0.5) is 23.8 Å². The number of rotatable bonds is 4. The lowest BCUT2D eigenvalue weighted by Crippen LogP contribution is -2.43. The van der Waals surface area contributed by atoms with Crippen LogP contribution >= 0.6 is 0 Å². The molecular weight excluding hydrogens is 535 g/mol. The van der Waals surface area contributed by atoms with Crippen molar-refractivity contribution in [1.82, 2.24) is 24.5 Å². The zero-order chi connectivity index (χ0) is 29.9. The van der Waals surface area contributed by atoms with Gasteiger partial charge in [0.05, 0.1) is 23.8 Å². The molecule has 2 N–H and O–H groups in total. The molecule has 2 aliphatic rings. The average Bonchev–Trinajstić information content (AvgIpc) is 3.51. The number of amides is 1. The van der Waals surface area contributed by atoms with Crippen molar-refractivity contribution in [1.29, 1.82) is 5.26 Å². The van der Waals surface area contributed by atoms with E-state index in [1.165, 1.54) is 6.07 Å². The third kappa shape index (κ3) is 5.37. The molecule has 0 radical (unpaired) electrons. The van der Waals surface area contributed by atoms with Crippen molar-refractivity contribution in [3.8, 4) is 17.3 Å². The van der Waals surface area contributed by atoms with Crippen LogP contribution in [-0.2, 0) is 17.5 Å². The topological polar surface area (TPSA) is 115 Å². The van der Waals surface area contributed by atoms with Crippen LogP contribution in [0.2, 0.25) is 0 Å². The number of ether oxygens (including phenoxy) is 1. The molecule has 2 fully saturated rings. The van der Waals surface area contributed by atoms with E-state index in [4.69, 9.17) is 15.6 Å². The summed E-state index contributed by atoms with van der Waals surface area (Å²) in [6.07, 6.45) is -2.33. The van der Waals surface area contributed by atoms with Gasteiger partial charge in [-0.3, -0.25) is 4.68 Å². The minimum Gasteiger partial charge on any atom is -0.444 e. The Balaban J connectivity index is 1.36. The number of alkyl halides is 3. The zero-order valence-corrected chi connectivity index (χ0v) is 23.8. The van der Waals surface area contributed by atoms with Crippen LogP contribution in [0.3, 0.4) is 0 Å². The molecule has 218 valence electrons. The van der Waals surface area contributed by atoms with E-state index in [1.807, 2.05) is 20.8 Å². The SMILES string of the molecule is Cc1nn(Cc2cccc(C(F)(F)F)c2)c(C)c1-c1nn(C2CC3(CCN(C(=O)OC(C)(C)C)C3)C2)c(N)c1C#N. The highest BCUT2D eigenvalue weighted by molar-refractivity contribution is 5.76. The molecule has 2 aromatic heterocycles. The van der Waals surface area contributed by atoms with Crippen molar-refractivity contribution in [3.63, 3.8) is 0 Å². The number of nitrogens with two attached hydrogens (primary N) is 1. The third-order valence-corrected chi connectivity index (χ3v) is 8.04. The van der Waals surface area contributed by atoms with E-state index in [0.717, 1.165) is 31.4 Å². The highest BCUT2D eigenvalue weighted by Gasteiger charge is 2.51. The minimum atomic E-state index is -4.44. The first-order valence-electron chi connectivity index (χ1n) is 13.6. The highest BCUT2D eigenvalue weighted by Crippen LogP contribution is 2.55. The quantitative estimate of drug-likeness (QED) is 0.422. The summed E-state index contributed by atoms with van der Waals surface area (Å²) in [6.45, 7) is 10.5. The molecule has 1 aliphatic carbocycles. The molecular formula is C29H34F3N7O2. The Morgan fingerprint density at radius 3 is 2.56 bits per heavy atom. The second-order valence-electron chi connectivity index (χ2n) is 12.3. The fourth-order valence-corrected chi connectivity index (χ4v) is 6.09. The van der Waals surface area contributed by atoms with Crippen LogP contribution in [0.1, 0.15) is 74.2 Å². The minimum absolute atomic E-state index is 0.0183. The lowest BCUT2D eigenvalue weighted by atomic mass is 9.65. The third-order valence-electron chi connectivity index (χ3n) is 8.04. The zero-order valence-electron chi connectivity index (χ0n) is 23.8. The molecule has 1 saturated carbocycles. The Bertz CT molecular complexity index is 1540. The van der Waals surface area contributed by atoms with Crippen LogP contribution in [0.25, 0.3) is 11.3 Å². The van der Waals surface area contributed by atoms with Gasteiger partial charge in [0.15, 0.2) is 0 Å². The number of hydrogen-bond acceptors (Lipinski definition) is 6. The Morgan fingerprint density at radius 2 is 1.93 bits per heavy atom. The largest absolute Gasteiger partial charge is 0.444 e. The molecule has 0 bridgehead atoms. The number of carbonyl (C=O) groups excluding carboxylic acids is 1. The van der Waals surface area contributed by atoms with E-state index in [9.17, 15) is 23.2 Å². The lowest BCUT2D eigenvalue weighted by Gasteiger charge is -2.45. The molecule has 41 heavy (non-hydrogen) atoms. The van der Waals surface area contributed by atoms with Crippen LogP contribution in [0, 0.1) is 30.6 Å². The van der Waals surface area contributed by atoms with Crippen molar-refractivity contribution in [2.24, 2.45) is 5.41 Å². The molecule has 1 saturated heterocycles. The number of carbonyl (C=O) groups is 1. The van der Waals surface area contributed by atoms with Crippen molar-refractivity contribution in [2.75, 3.05) is 18.8 Å². The van der Waals surface area contributed by atoms with Gasteiger partial charge in [-0.05, 0) is 77.0 Å². The number of nitrogen functional groups attached to an aromatic ring is 1. The number of nitriles is 1. The standard InChI is InChI=1S/C29H34F3N7O2/c1-17-23(18(2)38(35-17)15-19-7-6-8-20(11-19)29(30,31)32)24-22(14-33)25(34)39(36-24)21-12-28(13-21)9-10-37(16-28)26(40)41-27(3,4)5/h6-8,11,21H,9-10,12-13,15-16,34H2,1-5H3. The fraction of sp³-hybridized carbons (Fsp3) is 0.517. The van der Waals surface area contributed by atoms with Gasteiger partial charge in [0.25, 0.3) is 0 Å². The van der Waals surface area contributed by atoms with E-state index < -0.39 is 17.3 Å². The van der Waals surface area contributed by atoms with Gasteiger partial charge >= 0.3 is 12.3 Å². The van der Waals surface area contributed by atoms with Gasteiger partial charge in [-0.2, -0.15) is 28.6 Å². The molecule has 5 rings (SSSR count). The van der Waals surface area contributed by atoms with E-state index in [-0.39, 0.29) is 35.5 Å². The molecule has 0 atom stereocenters.